The first-order chi connectivity index (χ1) is 9.39. The maximum absolute atomic E-state index is 12.6. The minimum absolute atomic E-state index is 0.0917. The molecular formula is C11H16N2O5S2. The lowest BCUT2D eigenvalue weighted by atomic mass is 10.2. The van der Waals surface area contributed by atoms with E-state index in [1.807, 2.05) is 6.92 Å². The highest BCUT2D eigenvalue weighted by Gasteiger charge is 2.38. The number of carbonyl (C=O) groups excluding carboxylic acids is 1. The summed E-state index contributed by atoms with van der Waals surface area (Å²) in [6.07, 6.45) is 0.452. The standard InChI is InChI=1S/C11H16N2O5S2/c1-7-8(4-5-18-7)13(2)20(15,16)11-9(10(14)17-3)12-6-19-11/h6-8H,4-5H2,1-3H3. The van der Waals surface area contributed by atoms with Crippen LogP contribution in [0, 0.1) is 0 Å². The topological polar surface area (TPSA) is 85.8 Å². The summed E-state index contributed by atoms with van der Waals surface area (Å²) < 4.78 is 36.3. The molecule has 1 saturated heterocycles. The number of thiazole rings is 1. The fourth-order valence-corrected chi connectivity index (χ4v) is 4.90. The number of carbonyl (C=O) groups is 1. The van der Waals surface area contributed by atoms with Crippen molar-refractivity contribution in [1.29, 1.82) is 0 Å². The van der Waals surface area contributed by atoms with E-state index in [1.54, 1.807) is 0 Å². The van der Waals surface area contributed by atoms with Crippen LogP contribution in [-0.4, -0.2) is 56.6 Å². The number of hydrogen-bond acceptors (Lipinski definition) is 7. The van der Waals surface area contributed by atoms with E-state index in [-0.39, 0.29) is 22.0 Å². The lowest BCUT2D eigenvalue weighted by molar-refractivity contribution is 0.0590. The van der Waals surface area contributed by atoms with Gasteiger partial charge in [0.05, 0.1) is 24.8 Å². The second-order valence-electron chi connectivity index (χ2n) is 4.43. The average Bonchev–Trinajstić information content (AvgIpc) is 3.05. The summed E-state index contributed by atoms with van der Waals surface area (Å²) in [6, 6.07) is -0.243. The number of methoxy groups -OCH3 is 1. The molecule has 2 unspecified atom stereocenters. The largest absolute Gasteiger partial charge is 0.464 e. The Bertz CT molecular complexity index is 598. The van der Waals surface area contributed by atoms with Crippen molar-refractivity contribution < 1.29 is 22.7 Å². The van der Waals surface area contributed by atoms with Gasteiger partial charge in [0, 0.05) is 13.7 Å². The molecule has 0 aliphatic carbocycles. The third-order valence-corrected chi connectivity index (χ3v) is 6.56. The molecule has 0 radical (unpaired) electrons. The molecule has 20 heavy (non-hydrogen) atoms. The summed E-state index contributed by atoms with van der Waals surface area (Å²) in [5.41, 5.74) is 1.15. The number of esters is 1. The molecule has 0 N–H and O–H groups in total. The number of aromatic nitrogens is 1. The van der Waals surface area contributed by atoms with Crippen LogP contribution in [0.3, 0.4) is 0 Å². The molecule has 7 nitrogen and oxygen atoms in total. The highest BCUT2D eigenvalue weighted by atomic mass is 32.2. The number of hydrogen-bond donors (Lipinski definition) is 0. The van der Waals surface area contributed by atoms with Crippen molar-refractivity contribution >= 4 is 27.3 Å². The normalized spacial score (nSPS) is 23.2. The van der Waals surface area contributed by atoms with Gasteiger partial charge in [-0.15, -0.1) is 11.3 Å². The molecule has 1 aromatic rings. The fourth-order valence-electron chi connectivity index (χ4n) is 2.16. The third kappa shape index (κ3) is 2.58. The van der Waals surface area contributed by atoms with Crippen molar-refractivity contribution in [2.75, 3.05) is 20.8 Å². The molecule has 1 aromatic heterocycles. The molecule has 1 fully saturated rings. The van der Waals surface area contributed by atoms with E-state index in [0.29, 0.717) is 13.0 Å². The average molecular weight is 320 g/mol. The van der Waals surface area contributed by atoms with Crippen LogP contribution in [0.25, 0.3) is 0 Å². The maximum atomic E-state index is 12.6. The van der Waals surface area contributed by atoms with Gasteiger partial charge >= 0.3 is 5.97 Å². The second-order valence-corrected chi connectivity index (χ2v) is 7.48. The van der Waals surface area contributed by atoms with E-state index in [4.69, 9.17) is 4.74 Å². The first-order valence-corrected chi connectivity index (χ1v) is 8.33. The molecule has 9 heteroatoms. The Morgan fingerprint density at radius 1 is 1.60 bits per heavy atom. The van der Waals surface area contributed by atoms with Crippen LogP contribution in [0.1, 0.15) is 23.8 Å². The molecule has 112 valence electrons. The van der Waals surface area contributed by atoms with Crippen LogP contribution >= 0.6 is 11.3 Å². The number of sulfonamides is 1. The van der Waals surface area contributed by atoms with Crippen LogP contribution in [0.15, 0.2) is 9.72 Å². The molecule has 2 heterocycles. The minimum atomic E-state index is -3.79. The van der Waals surface area contributed by atoms with Gasteiger partial charge in [0.15, 0.2) is 9.90 Å². The van der Waals surface area contributed by atoms with E-state index in [1.165, 1.54) is 24.0 Å². The third-order valence-electron chi connectivity index (χ3n) is 3.33. The van der Waals surface area contributed by atoms with Crippen LogP contribution < -0.4 is 0 Å². The van der Waals surface area contributed by atoms with Gasteiger partial charge in [0.2, 0.25) is 0 Å². The fraction of sp³-hybridized carbons (Fsp3) is 0.636. The predicted molar refractivity (Wildman–Crippen MR) is 72.2 cm³/mol. The first kappa shape index (κ1) is 15.4. The number of ether oxygens (including phenoxy) is 2. The minimum Gasteiger partial charge on any atom is -0.464 e. The van der Waals surface area contributed by atoms with Crippen molar-refractivity contribution in [3.63, 3.8) is 0 Å². The van der Waals surface area contributed by atoms with Gasteiger partial charge in [-0.1, -0.05) is 0 Å². The Labute approximate surface area is 121 Å². The number of likely N-dealkylation sites (N-methyl/N-ethyl adjacent to an activating group) is 1. The van der Waals surface area contributed by atoms with Crippen molar-refractivity contribution in [3.05, 3.63) is 11.2 Å². The van der Waals surface area contributed by atoms with Gasteiger partial charge in [0.25, 0.3) is 10.0 Å². The van der Waals surface area contributed by atoms with Gasteiger partial charge in [-0.25, -0.2) is 18.2 Å². The van der Waals surface area contributed by atoms with Gasteiger partial charge in [0.1, 0.15) is 0 Å². The van der Waals surface area contributed by atoms with Crippen molar-refractivity contribution in [1.82, 2.24) is 9.29 Å². The molecule has 0 amide bonds. The quantitative estimate of drug-likeness (QED) is 0.760. The second kappa shape index (κ2) is 5.76. The lowest BCUT2D eigenvalue weighted by Gasteiger charge is -2.25. The molecular weight excluding hydrogens is 304 g/mol. The maximum Gasteiger partial charge on any atom is 0.358 e. The summed E-state index contributed by atoms with van der Waals surface area (Å²) in [7, 11) is -1.11. The molecule has 1 aliphatic heterocycles. The molecule has 2 rings (SSSR count). The smallest absolute Gasteiger partial charge is 0.358 e. The summed E-state index contributed by atoms with van der Waals surface area (Å²) in [6.45, 7) is 2.36. The van der Waals surface area contributed by atoms with Crippen LogP contribution in [0.4, 0.5) is 0 Å². The summed E-state index contributed by atoms with van der Waals surface area (Å²) in [5.74, 6) is -0.756. The Hall–Kier alpha value is -1.03. The van der Waals surface area contributed by atoms with E-state index < -0.39 is 16.0 Å². The van der Waals surface area contributed by atoms with Crippen molar-refractivity contribution in [2.45, 2.75) is 29.7 Å². The summed E-state index contributed by atoms with van der Waals surface area (Å²) in [4.78, 5) is 15.4. The van der Waals surface area contributed by atoms with Crippen molar-refractivity contribution in [2.24, 2.45) is 0 Å². The SMILES string of the molecule is COC(=O)c1ncsc1S(=O)(=O)N(C)C1CCOC1C. The van der Waals surface area contributed by atoms with E-state index >= 15 is 0 Å². The Morgan fingerprint density at radius 2 is 2.30 bits per heavy atom. The number of rotatable bonds is 4. The summed E-state index contributed by atoms with van der Waals surface area (Å²) >= 11 is 0.906. The molecule has 1 aliphatic rings. The molecule has 0 saturated carbocycles. The van der Waals surface area contributed by atoms with Gasteiger partial charge < -0.3 is 9.47 Å². The van der Waals surface area contributed by atoms with Crippen LogP contribution in [0.5, 0.6) is 0 Å². The van der Waals surface area contributed by atoms with Gasteiger partial charge in [-0.3, -0.25) is 0 Å². The van der Waals surface area contributed by atoms with E-state index in [9.17, 15) is 13.2 Å². The lowest BCUT2D eigenvalue weighted by Crippen LogP contribution is -2.41. The number of nitrogens with zero attached hydrogens (tertiary/aromatic N) is 2. The zero-order valence-corrected chi connectivity index (χ0v) is 13.0. The Balaban J connectivity index is 2.35. The van der Waals surface area contributed by atoms with Gasteiger partial charge in [-0.2, -0.15) is 4.31 Å². The molecule has 0 aromatic carbocycles. The first-order valence-electron chi connectivity index (χ1n) is 6.01. The van der Waals surface area contributed by atoms with Crippen molar-refractivity contribution in [3.8, 4) is 0 Å². The Morgan fingerprint density at radius 3 is 2.85 bits per heavy atom. The van der Waals surface area contributed by atoms with Crippen LogP contribution in [0.2, 0.25) is 0 Å². The summed E-state index contributed by atoms with van der Waals surface area (Å²) in [5, 5.41) is 0. The van der Waals surface area contributed by atoms with Gasteiger partial charge in [-0.05, 0) is 13.3 Å². The molecule has 2 atom stereocenters. The predicted octanol–water partition coefficient (Wildman–Crippen LogP) is 0.728. The highest BCUT2D eigenvalue weighted by Crippen LogP contribution is 2.28. The monoisotopic (exact) mass is 320 g/mol. The van der Waals surface area contributed by atoms with Crippen LogP contribution in [-0.2, 0) is 19.5 Å². The highest BCUT2D eigenvalue weighted by molar-refractivity contribution is 7.91. The molecule has 0 bridgehead atoms. The zero-order valence-electron chi connectivity index (χ0n) is 11.4. The van der Waals surface area contributed by atoms with E-state index in [2.05, 4.69) is 9.72 Å². The Kier molecular flexibility index (Phi) is 4.43. The zero-order chi connectivity index (χ0) is 14.9. The van der Waals surface area contributed by atoms with E-state index in [0.717, 1.165) is 11.3 Å². The molecule has 0 spiro atoms.